The molecule has 2 rings (SSSR count). The zero-order chi connectivity index (χ0) is 16.7. The summed E-state index contributed by atoms with van der Waals surface area (Å²) in [6.45, 7) is 6.90. The van der Waals surface area contributed by atoms with Crippen LogP contribution in [-0.4, -0.2) is 73.3 Å². The predicted molar refractivity (Wildman–Crippen MR) is 89.4 cm³/mol. The van der Waals surface area contributed by atoms with E-state index in [9.17, 15) is 4.79 Å². The van der Waals surface area contributed by atoms with Crippen LogP contribution in [0.2, 0.25) is 0 Å². The molecular formula is C17H27N3O3. The van der Waals surface area contributed by atoms with Crippen molar-refractivity contribution in [1.82, 2.24) is 15.1 Å². The van der Waals surface area contributed by atoms with Crippen molar-refractivity contribution < 1.29 is 14.6 Å². The highest BCUT2D eigenvalue weighted by Gasteiger charge is 2.25. The standard InChI is InChI=1S/C17H27N3O3/c1-14(20-9-7-19(8-10-20)11-12-21)17(22)18-13-15-3-5-16(23-2)6-4-15/h3-6,14,21H,7-13H2,1-2H3,(H,18,22). The number of hydrogen-bond acceptors (Lipinski definition) is 5. The highest BCUT2D eigenvalue weighted by atomic mass is 16.5. The predicted octanol–water partition coefficient (Wildman–Crippen LogP) is 0.310. The van der Waals surface area contributed by atoms with Gasteiger partial charge in [-0.05, 0) is 24.6 Å². The van der Waals surface area contributed by atoms with E-state index in [1.165, 1.54) is 0 Å². The first-order chi connectivity index (χ1) is 11.1. The second-order valence-electron chi connectivity index (χ2n) is 5.84. The fraction of sp³-hybridized carbons (Fsp3) is 0.588. The molecule has 1 heterocycles. The van der Waals surface area contributed by atoms with Crippen LogP contribution in [0.25, 0.3) is 0 Å². The number of piperazine rings is 1. The van der Waals surface area contributed by atoms with Gasteiger partial charge in [-0.1, -0.05) is 12.1 Å². The molecule has 1 unspecified atom stereocenters. The van der Waals surface area contributed by atoms with Crippen LogP contribution in [0, 0.1) is 0 Å². The molecule has 1 amide bonds. The van der Waals surface area contributed by atoms with Gasteiger partial charge in [0.1, 0.15) is 5.75 Å². The minimum atomic E-state index is -0.135. The Bertz CT molecular complexity index is 484. The Balaban J connectivity index is 1.76. The molecule has 6 heteroatoms. The third kappa shape index (κ3) is 5.20. The van der Waals surface area contributed by atoms with Crippen LogP contribution in [0.5, 0.6) is 5.75 Å². The fourth-order valence-corrected chi connectivity index (χ4v) is 2.76. The van der Waals surface area contributed by atoms with Crippen molar-refractivity contribution in [3.63, 3.8) is 0 Å². The zero-order valence-corrected chi connectivity index (χ0v) is 14.0. The molecule has 23 heavy (non-hydrogen) atoms. The summed E-state index contributed by atoms with van der Waals surface area (Å²) in [5, 5.41) is 12.0. The van der Waals surface area contributed by atoms with E-state index in [2.05, 4.69) is 15.1 Å². The summed E-state index contributed by atoms with van der Waals surface area (Å²) in [4.78, 5) is 16.7. The zero-order valence-electron chi connectivity index (χ0n) is 14.0. The first kappa shape index (κ1) is 17.7. The summed E-state index contributed by atoms with van der Waals surface area (Å²) in [7, 11) is 1.64. The number of aliphatic hydroxyl groups is 1. The van der Waals surface area contributed by atoms with Gasteiger partial charge < -0.3 is 15.2 Å². The first-order valence-electron chi connectivity index (χ1n) is 8.12. The van der Waals surface area contributed by atoms with Gasteiger partial charge in [-0.25, -0.2) is 0 Å². The molecule has 6 nitrogen and oxygen atoms in total. The molecule has 0 spiro atoms. The molecule has 1 aromatic rings. The number of β-amino-alcohol motifs (C(OH)–C–C–N with tert-alkyl or cyclic N) is 1. The summed E-state index contributed by atoms with van der Waals surface area (Å²) < 4.78 is 5.12. The van der Waals surface area contributed by atoms with Gasteiger partial charge in [0.15, 0.2) is 0 Å². The van der Waals surface area contributed by atoms with Crippen molar-refractivity contribution >= 4 is 5.91 Å². The van der Waals surface area contributed by atoms with E-state index in [4.69, 9.17) is 9.84 Å². The van der Waals surface area contributed by atoms with Crippen LogP contribution in [0.3, 0.4) is 0 Å². The number of hydrogen-bond donors (Lipinski definition) is 2. The lowest BCUT2D eigenvalue weighted by Gasteiger charge is -2.37. The Morgan fingerprint density at radius 2 is 1.91 bits per heavy atom. The molecule has 2 N–H and O–H groups in total. The number of ether oxygens (including phenoxy) is 1. The first-order valence-corrected chi connectivity index (χ1v) is 8.12. The van der Waals surface area contributed by atoms with Gasteiger partial charge in [0, 0.05) is 39.3 Å². The molecule has 1 aliphatic rings. The average Bonchev–Trinajstić information content (AvgIpc) is 2.60. The molecule has 128 valence electrons. The number of rotatable bonds is 7. The number of aliphatic hydroxyl groups excluding tert-OH is 1. The van der Waals surface area contributed by atoms with Crippen molar-refractivity contribution in [3.8, 4) is 5.75 Å². The summed E-state index contributed by atoms with van der Waals surface area (Å²) in [6.07, 6.45) is 0. The minimum absolute atomic E-state index is 0.0522. The number of amides is 1. The Hall–Kier alpha value is -1.63. The molecule has 1 fully saturated rings. The molecule has 1 atom stereocenters. The Morgan fingerprint density at radius 3 is 2.48 bits per heavy atom. The van der Waals surface area contributed by atoms with Crippen molar-refractivity contribution in [2.45, 2.75) is 19.5 Å². The third-order valence-electron chi connectivity index (χ3n) is 4.38. The number of nitrogens with zero attached hydrogens (tertiary/aromatic N) is 2. The lowest BCUT2D eigenvalue weighted by atomic mass is 10.2. The second kappa shape index (κ2) is 8.86. The number of nitrogens with one attached hydrogen (secondary N) is 1. The molecule has 0 saturated carbocycles. The van der Waals surface area contributed by atoms with Crippen LogP contribution in [0.4, 0.5) is 0 Å². The number of carbonyl (C=O) groups excluding carboxylic acids is 1. The molecule has 1 aliphatic heterocycles. The molecule has 1 saturated heterocycles. The van der Waals surface area contributed by atoms with Crippen LogP contribution in [0.15, 0.2) is 24.3 Å². The fourth-order valence-electron chi connectivity index (χ4n) is 2.76. The Kier molecular flexibility index (Phi) is 6.83. The molecule has 0 radical (unpaired) electrons. The largest absolute Gasteiger partial charge is 0.497 e. The highest BCUT2D eigenvalue weighted by Crippen LogP contribution is 2.11. The average molecular weight is 321 g/mol. The van der Waals surface area contributed by atoms with Gasteiger partial charge in [0.05, 0.1) is 19.8 Å². The van der Waals surface area contributed by atoms with Crippen molar-refractivity contribution in [3.05, 3.63) is 29.8 Å². The van der Waals surface area contributed by atoms with Crippen LogP contribution in [-0.2, 0) is 11.3 Å². The van der Waals surface area contributed by atoms with Crippen LogP contribution >= 0.6 is 0 Å². The molecule has 1 aromatic carbocycles. The lowest BCUT2D eigenvalue weighted by Crippen LogP contribution is -2.54. The Morgan fingerprint density at radius 1 is 1.26 bits per heavy atom. The SMILES string of the molecule is COc1ccc(CNC(=O)C(C)N2CCN(CCO)CC2)cc1. The second-order valence-corrected chi connectivity index (χ2v) is 5.84. The van der Waals surface area contributed by atoms with E-state index >= 15 is 0 Å². The van der Waals surface area contributed by atoms with Gasteiger partial charge in [-0.3, -0.25) is 14.6 Å². The van der Waals surface area contributed by atoms with E-state index < -0.39 is 0 Å². The smallest absolute Gasteiger partial charge is 0.237 e. The van der Waals surface area contributed by atoms with Gasteiger partial charge >= 0.3 is 0 Å². The van der Waals surface area contributed by atoms with Crippen molar-refractivity contribution in [1.29, 1.82) is 0 Å². The minimum Gasteiger partial charge on any atom is -0.497 e. The topological polar surface area (TPSA) is 65.0 Å². The summed E-state index contributed by atoms with van der Waals surface area (Å²) in [6, 6.07) is 7.57. The summed E-state index contributed by atoms with van der Waals surface area (Å²) in [5.74, 6) is 0.866. The lowest BCUT2D eigenvalue weighted by molar-refractivity contribution is -0.126. The third-order valence-corrected chi connectivity index (χ3v) is 4.38. The van der Waals surface area contributed by atoms with Crippen LogP contribution < -0.4 is 10.1 Å². The van der Waals surface area contributed by atoms with Crippen LogP contribution in [0.1, 0.15) is 12.5 Å². The van der Waals surface area contributed by atoms with Gasteiger partial charge in [-0.15, -0.1) is 0 Å². The number of benzene rings is 1. The van der Waals surface area contributed by atoms with E-state index in [1.54, 1.807) is 7.11 Å². The maximum Gasteiger partial charge on any atom is 0.237 e. The Labute approximate surface area is 138 Å². The van der Waals surface area contributed by atoms with E-state index in [0.29, 0.717) is 13.1 Å². The maximum atomic E-state index is 12.3. The molecule has 0 bridgehead atoms. The molecule has 0 aliphatic carbocycles. The quantitative estimate of drug-likeness (QED) is 0.757. The van der Waals surface area contributed by atoms with Gasteiger partial charge in [0.2, 0.25) is 5.91 Å². The number of carbonyl (C=O) groups is 1. The maximum absolute atomic E-state index is 12.3. The van der Waals surface area contributed by atoms with E-state index in [-0.39, 0.29) is 18.6 Å². The summed E-state index contributed by atoms with van der Waals surface area (Å²) in [5.41, 5.74) is 1.05. The monoisotopic (exact) mass is 321 g/mol. The molecule has 0 aromatic heterocycles. The van der Waals surface area contributed by atoms with Crippen molar-refractivity contribution in [2.24, 2.45) is 0 Å². The molecular weight excluding hydrogens is 294 g/mol. The summed E-state index contributed by atoms with van der Waals surface area (Å²) >= 11 is 0. The van der Waals surface area contributed by atoms with Crippen molar-refractivity contribution in [2.75, 3.05) is 46.4 Å². The highest BCUT2D eigenvalue weighted by molar-refractivity contribution is 5.81. The van der Waals surface area contributed by atoms with E-state index in [0.717, 1.165) is 37.5 Å². The van der Waals surface area contributed by atoms with E-state index in [1.807, 2.05) is 31.2 Å². The number of methoxy groups -OCH3 is 1. The van der Waals surface area contributed by atoms with Gasteiger partial charge in [0.25, 0.3) is 0 Å². The normalized spacial score (nSPS) is 17.7. The van der Waals surface area contributed by atoms with Gasteiger partial charge in [-0.2, -0.15) is 0 Å².